The molecule has 234 valence electrons. The maximum absolute atomic E-state index is 13.0. The standard InChI is InChI=1S/C27H30O16/c28-7-15-18(34)20(36)22(38)26(40-15)43-25-21(37)19(35)16(8-29)41-27(25)42-23-13(33)5-11(31)17-12(32)6-14(39-24(17)23)9-1-3-10(30)4-2-9/h1-6,15-16,18-22,25-31,33-38H,7-8H2/t15?,16?,18-,19-,20+,21+,22?,25?,26+,27+/m1/s1. The molecule has 2 aliphatic heterocycles. The number of aliphatic hydroxyl groups is 7. The molecule has 0 saturated carbocycles. The number of phenols is 3. The minimum absolute atomic E-state index is 0.0604. The highest BCUT2D eigenvalue weighted by Gasteiger charge is 2.51. The van der Waals surface area contributed by atoms with Crippen LogP contribution in [0.4, 0.5) is 0 Å². The van der Waals surface area contributed by atoms with Crippen LogP contribution in [0, 0.1) is 0 Å². The third kappa shape index (κ3) is 5.73. The van der Waals surface area contributed by atoms with Gasteiger partial charge in [0.25, 0.3) is 0 Å². The molecule has 0 aliphatic carbocycles. The molecular formula is C27H30O16. The SMILES string of the molecule is O=c1cc(-c2ccc(O)cc2)oc2c(O[C@@H]3OC(CO)[C@@H](O)[C@H](O)C3O[C@@H]3OC(CO)[C@@H](O)[C@H](O)C3O)c(O)cc(O)c12. The topological polar surface area (TPSA) is 269 Å². The molecule has 0 amide bonds. The molecule has 0 spiro atoms. The van der Waals surface area contributed by atoms with E-state index in [1.54, 1.807) is 0 Å². The van der Waals surface area contributed by atoms with Crippen molar-refractivity contribution in [2.24, 2.45) is 0 Å². The van der Waals surface area contributed by atoms with Crippen molar-refractivity contribution in [3.05, 3.63) is 46.6 Å². The van der Waals surface area contributed by atoms with Crippen molar-refractivity contribution in [3.8, 4) is 34.3 Å². The van der Waals surface area contributed by atoms with Crippen LogP contribution in [0.5, 0.6) is 23.0 Å². The Morgan fingerprint density at radius 2 is 1.33 bits per heavy atom. The summed E-state index contributed by atoms with van der Waals surface area (Å²) in [7, 11) is 0. The quantitative estimate of drug-likeness (QED) is 0.133. The molecule has 16 nitrogen and oxygen atoms in total. The molecule has 2 aromatic carbocycles. The zero-order chi connectivity index (χ0) is 31.2. The average molecular weight is 611 g/mol. The van der Waals surface area contributed by atoms with Gasteiger partial charge in [-0.15, -0.1) is 0 Å². The van der Waals surface area contributed by atoms with Crippen molar-refractivity contribution >= 4 is 11.0 Å². The van der Waals surface area contributed by atoms with E-state index in [1.807, 2.05) is 0 Å². The minimum Gasteiger partial charge on any atom is -0.508 e. The summed E-state index contributed by atoms with van der Waals surface area (Å²) in [6, 6.07) is 7.35. The fourth-order valence-electron chi connectivity index (χ4n) is 4.91. The normalized spacial score (nSPS) is 33.0. The highest BCUT2D eigenvalue weighted by Crippen LogP contribution is 2.42. The molecule has 0 bridgehead atoms. The predicted molar refractivity (Wildman–Crippen MR) is 140 cm³/mol. The van der Waals surface area contributed by atoms with Gasteiger partial charge in [-0.1, -0.05) is 0 Å². The van der Waals surface area contributed by atoms with Crippen molar-refractivity contribution in [3.63, 3.8) is 0 Å². The summed E-state index contributed by atoms with van der Waals surface area (Å²) in [4.78, 5) is 13.0. The Labute approximate surface area is 241 Å². The Bertz CT molecular complexity index is 1490. The van der Waals surface area contributed by atoms with Crippen LogP contribution in [0.15, 0.2) is 45.6 Å². The molecule has 16 heteroatoms. The van der Waals surface area contributed by atoms with Crippen LogP contribution in [-0.4, -0.2) is 126 Å². The molecule has 10 atom stereocenters. The van der Waals surface area contributed by atoms with E-state index >= 15 is 0 Å². The fourth-order valence-corrected chi connectivity index (χ4v) is 4.91. The molecule has 1 aromatic heterocycles. The van der Waals surface area contributed by atoms with E-state index in [0.29, 0.717) is 5.56 Å². The Kier molecular flexibility index (Phi) is 8.77. The van der Waals surface area contributed by atoms with Gasteiger partial charge in [-0.25, -0.2) is 0 Å². The van der Waals surface area contributed by atoms with Gasteiger partial charge in [-0.2, -0.15) is 0 Å². The molecule has 10 N–H and O–H groups in total. The fraction of sp³-hybridized carbons (Fsp3) is 0.444. The van der Waals surface area contributed by atoms with Crippen LogP contribution >= 0.6 is 0 Å². The first kappa shape index (κ1) is 30.9. The first-order chi connectivity index (χ1) is 20.4. The number of rotatable bonds is 7. The molecule has 2 aliphatic rings. The Balaban J connectivity index is 1.56. The summed E-state index contributed by atoms with van der Waals surface area (Å²) in [6.45, 7) is -1.62. The van der Waals surface area contributed by atoms with Crippen LogP contribution in [0.2, 0.25) is 0 Å². The van der Waals surface area contributed by atoms with Gasteiger partial charge in [-0.3, -0.25) is 4.79 Å². The Hall–Kier alpha value is -3.55. The third-order valence-corrected chi connectivity index (χ3v) is 7.27. The zero-order valence-electron chi connectivity index (χ0n) is 22.1. The van der Waals surface area contributed by atoms with Crippen molar-refractivity contribution in [1.82, 2.24) is 0 Å². The van der Waals surface area contributed by atoms with E-state index in [-0.39, 0.29) is 11.5 Å². The van der Waals surface area contributed by atoms with Crippen molar-refractivity contribution < 1.29 is 74.4 Å². The van der Waals surface area contributed by atoms with Crippen LogP contribution in [0.1, 0.15) is 0 Å². The van der Waals surface area contributed by atoms with Crippen molar-refractivity contribution in [2.75, 3.05) is 13.2 Å². The summed E-state index contributed by atoms with van der Waals surface area (Å²) < 4.78 is 28.1. The lowest BCUT2D eigenvalue weighted by Gasteiger charge is -2.45. The minimum atomic E-state index is -1.92. The van der Waals surface area contributed by atoms with Crippen molar-refractivity contribution in [2.45, 2.75) is 61.4 Å². The number of ether oxygens (including phenoxy) is 4. The number of benzene rings is 2. The highest BCUT2D eigenvalue weighted by atomic mass is 16.8. The molecule has 4 unspecified atom stereocenters. The van der Waals surface area contributed by atoms with E-state index in [0.717, 1.165) is 12.1 Å². The average Bonchev–Trinajstić information content (AvgIpc) is 2.98. The molecule has 43 heavy (non-hydrogen) atoms. The second kappa shape index (κ2) is 12.2. The summed E-state index contributed by atoms with van der Waals surface area (Å²) in [5.41, 5.74) is -0.916. The third-order valence-electron chi connectivity index (χ3n) is 7.27. The van der Waals surface area contributed by atoms with E-state index in [1.165, 1.54) is 24.3 Å². The Morgan fingerprint density at radius 3 is 1.95 bits per heavy atom. The largest absolute Gasteiger partial charge is 0.508 e. The molecule has 3 heterocycles. The van der Waals surface area contributed by atoms with Gasteiger partial charge < -0.3 is 74.4 Å². The number of aromatic hydroxyl groups is 3. The van der Waals surface area contributed by atoms with Crippen LogP contribution < -0.4 is 10.2 Å². The van der Waals surface area contributed by atoms with E-state index in [2.05, 4.69) is 0 Å². The monoisotopic (exact) mass is 610 g/mol. The summed E-state index contributed by atoms with van der Waals surface area (Å²) in [6.07, 6.45) is -17.6. The molecule has 0 radical (unpaired) electrons. The Morgan fingerprint density at radius 1 is 0.721 bits per heavy atom. The highest BCUT2D eigenvalue weighted by molar-refractivity contribution is 5.91. The summed E-state index contributed by atoms with van der Waals surface area (Å²) >= 11 is 0. The predicted octanol–water partition coefficient (Wildman–Crippen LogP) is -2.42. The van der Waals surface area contributed by atoms with Gasteiger partial charge in [0.2, 0.25) is 12.0 Å². The van der Waals surface area contributed by atoms with Gasteiger partial charge >= 0.3 is 0 Å². The number of aliphatic hydroxyl groups excluding tert-OH is 7. The molecule has 3 aromatic rings. The van der Waals surface area contributed by atoms with Crippen molar-refractivity contribution in [1.29, 1.82) is 0 Å². The van der Waals surface area contributed by atoms with Crippen LogP contribution in [0.3, 0.4) is 0 Å². The van der Waals surface area contributed by atoms with E-state index < -0.39 is 108 Å². The lowest BCUT2D eigenvalue weighted by molar-refractivity contribution is -0.357. The van der Waals surface area contributed by atoms with Gasteiger partial charge in [-0.05, 0) is 24.3 Å². The lowest BCUT2D eigenvalue weighted by atomic mass is 9.97. The molecule has 2 fully saturated rings. The number of fused-ring (bicyclic) bond motifs is 1. The summed E-state index contributed by atoms with van der Waals surface area (Å²) in [5, 5.41) is 102. The molecule has 2 saturated heterocycles. The van der Waals surface area contributed by atoms with Gasteiger partial charge in [0, 0.05) is 17.7 Å². The zero-order valence-corrected chi connectivity index (χ0v) is 22.1. The van der Waals surface area contributed by atoms with Gasteiger partial charge in [0.15, 0.2) is 29.2 Å². The first-order valence-electron chi connectivity index (χ1n) is 13.0. The lowest BCUT2D eigenvalue weighted by Crippen LogP contribution is -2.65. The van der Waals surface area contributed by atoms with E-state index in [4.69, 9.17) is 23.4 Å². The van der Waals surface area contributed by atoms with Gasteiger partial charge in [0.1, 0.15) is 65.4 Å². The molecule has 5 rings (SSSR count). The van der Waals surface area contributed by atoms with E-state index in [9.17, 15) is 55.9 Å². The maximum Gasteiger partial charge on any atom is 0.230 e. The van der Waals surface area contributed by atoms with Gasteiger partial charge in [0.05, 0.1) is 13.2 Å². The number of hydrogen-bond acceptors (Lipinski definition) is 16. The number of phenolic OH excluding ortho intramolecular Hbond substituents is 3. The van der Waals surface area contributed by atoms with Crippen LogP contribution in [0.25, 0.3) is 22.3 Å². The first-order valence-corrected chi connectivity index (χ1v) is 13.0. The smallest absolute Gasteiger partial charge is 0.230 e. The van der Waals surface area contributed by atoms with Crippen LogP contribution in [-0.2, 0) is 14.2 Å². The molecular weight excluding hydrogens is 580 g/mol. The number of hydrogen-bond donors (Lipinski definition) is 10. The second-order valence-electron chi connectivity index (χ2n) is 10.1. The maximum atomic E-state index is 13.0. The summed E-state index contributed by atoms with van der Waals surface area (Å²) in [5.74, 6) is -2.17. The second-order valence-corrected chi connectivity index (χ2v) is 10.1.